The summed E-state index contributed by atoms with van der Waals surface area (Å²) in [6.45, 7) is 4.72. The second kappa shape index (κ2) is 6.36. The van der Waals surface area contributed by atoms with E-state index in [0.29, 0.717) is 18.7 Å². The summed E-state index contributed by atoms with van der Waals surface area (Å²) in [4.78, 5) is 0. The fraction of sp³-hybridized carbons (Fsp3) is 0.286. The molecule has 0 saturated carbocycles. The summed E-state index contributed by atoms with van der Waals surface area (Å²) in [5.41, 5.74) is 8.48. The highest BCUT2D eigenvalue weighted by Crippen LogP contribution is 2.14. The van der Waals surface area contributed by atoms with Crippen LogP contribution in [0.2, 0.25) is 0 Å². The molecule has 2 rings (SSSR count). The van der Waals surface area contributed by atoms with Crippen molar-refractivity contribution in [3.63, 3.8) is 0 Å². The van der Waals surface area contributed by atoms with E-state index in [9.17, 15) is 4.39 Å². The number of amidine groups is 1. The zero-order valence-corrected chi connectivity index (χ0v) is 11.9. The number of oxime groups is 1. The van der Waals surface area contributed by atoms with Crippen LogP contribution in [-0.4, -0.2) is 16.2 Å². The van der Waals surface area contributed by atoms with E-state index in [4.69, 9.17) is 15.5 Å². The molecule has 7 heteroatoms. The molecule has 2 aromatic rings. The molecule has 1 aromatic heterocycles. The van der Waals surface area contributed by atoms with Crippen molar-refractivity contribution in [3.05, 3.63) is 52.2 Å². The lowest BCUT2D eigenvalue weighted by Crippen LogP contribution is -2.20. The molecule has 4 N–H and O–H groups in total. The molecule has 0 amide bonds. The number of hydrogen-bond donors (Lipinski definition) is 3. The minimum atomic E-state index is -0.439. The molecule has 1 aromatic carbocycles. The Morgan fingerprint density at radius 2 is 2.19 bits per heavy atom. The van der Waals surface area contributed by atoms with Crippen LogP contribution in [0.25, 0.3) is 0 Å². The fourth-order valence-corrected chi connectivity index (χ4v) is 2.07. The molecule has 0 fully saturated rings. The maximum absolute atomic E-state index is 13.3. The average Bonchev–Trinajstić information content (AvgIpc) is 2.79. The topological polar surface area (TPSA) is 96.7 Å². The highest BCUT2D eigenvalue weighted by atomic mass is 19.1. The third-order valence-corrected chi connectivity index (χ3v) is 3.25. The van der Waals surface area contributed by atoms with Gasteiger partial charge in [-0.15, -0.1) is 0 Å². The van der Waals surface area contributed by atoms with Crippen molar-refractivity contribution in [1.82, 2.24) is 10.5 Å². The van der Waals surface area contributed by atoms with Gasteiger partial charge >= 0.3 is 0 Å². The Morgan fingerprint density at radius 3 is 2.81 bits per heavy atom. The first kappa shape index (κ1) is 15.0. The number of halogens is 1. The number of nitrogens with zero attached hydrogens (tertiary/aromatic N) is 2. The molecule has 0 radical (unpaired) electrons. The summed E-state index contributed by atoms with van der Waals surface area (Å²) in [5, 5.41) is 18.8. The van der Waals surface area contributed by atoms with Crippen molar-refractivity contribution >= 4 is 5.84 Å². The summed E-state index contributed by atoms with van der Waals surface area (Å²) in [6, 6.07) is 4.17. The van der Waals surface area contributed by atoms with Crippen LogP contribution in [0.4, 0.5) is 4.39 Å². The van der Waals surface area contributed by atoms with Crippen LogP contribution in [0, 0.1) is 19.7 Å². The minimum Gasteiger partial charge on any atom is -0.409 e. The Hall–Kier alpha value is -2.41. The maximum atomic E-state index is 13.3. The summed E-state index contributed by atoms with van der Waals surface area (Å²) in [7, 11) is 0. The van der Waals surface area contributed by atoms with Gasteiger partial charge in [-0.25, -0.2) is 4.39 Å². The third-order valence-electron chi connectivity index (χ3n) is 3.25. The molecule has 1 heterocycles. The van der Waals surface area contributed by atoms with E-state index in [-0.39, 0.29) is 5.84 Å². The molecule has 0 saturated heterocycles. The number of benzene rings is 1. The van der Waals surface area contributed by atoms with Gasteiger partial charge < -0.3 is 20.8 Å². The van der Waals surface area contributed by atoms with Crippen LogP contribution < -0.4 is 11.1 Å². The molecule has 0 aliphatic carbocycles. The summed E-state index contributed by atoms with van der Waals surface area (Å²) < 4.78 is 18.3. The zero-order valence-electron chi connectivity index (χ0n) is 11.9. The van der Waals surface area contributed by atoms with Crippen LogP contribution in [0.5, 0.6) is 0 Å². The van der Waals surface area contributed by atoms with Crippen molar-refractivity contribution in [2.75, 3.05) is 0 Å². The SMILES string of the molecule is Cc1noc(C)c1CNCc1ccc(F)cc1C(N)=NO. The molecule has 0 bridgehead atoms. The van der Waals surface area contributed by atoms with E-state index in [1.807, 2.05) is 13.8 Å². The highest BCUT2D eigenvalue weighted by molar-refractivity contribution is 5.98. The number of nitrogens with one attached hydrogen (secondary N) is 1. The van der Waals surface area contributed by atoms with Crippen LogP contribution in [0.3, 0.4) is 0 Å². The van der Waals surface area contributed by atoms with E-state index in [1.54, 1.807) is 6.07 Å². The second-order valence-electron chi connectivity index (χ2n) is 4.69. The Labute approximate surface area is 121 Å². The number of nitrogens with two attached hydrogens (primary N) is 1. The van der Waals surface area contributed by atoms with Gasteiger partial charge in [-0.2, -0.15) is 0 Å². The van der Waals surface area contributed by atoms with Crippen molar-refractivity contribution < 1.29 is 14.1 Å². The Bertz CT molecular complexity index is 647. The zero-order chi connectivity index (χ0) is 15.4. The van der Waals surface area contributed by atoms with Crippen LogP contribution in [0.1, 0.15) is 28.1 Å². The molecule has 0 aliphatic heterocycles. The molecule has 0 spiro atoms. The van der Waals surface area contributed by atoms with Crippen LogP contribution >= 0.6 is 0 Å². The normalized spacial score (nSPS) is 11.9. The number of hydrogen-bond acceptors (Lipinski definition) is 5. The standard InChI is InChI=1S/C14H17FN4O2/c1-8-13(9(2)21-19-8)7-17-6-10-3-4-11(15)5-12(10)14(16)18-20/h3-5,17,20H,6-7H2,1-2H3,(H2,16,18). The second-order valence-corrected chi connectivity index (χ2v) is 4.69. The fourth-order valence-electron chi connectivity index (χ4n) is 2.07. The first-order valence-electron chi connectivity index (χ1n) is 6.41. The molecule has 6 nitrogen and oxygen atoms in total. The monoisotopic (exact) mass is 292 g/mol. The maximum Gasteiger partial charge on any atom is 0.170 e. The van der Waals surface area contributed by atoms with Crippen molar-refractivity contribution in [2.24, 2.45) is 10.9 Å². The summed E-state index contributed by atoms with van der Waals surface area (Å²) in [5.74, 6) is 0.200. The van der Waals surface area contributed by atoms with Crippen LogP contribution in [-0.2, 0) is 13.1 Å². The quantitative estimate of drug-likeness (QED) is 0.338. The predicted octanol–water partition coefficient (Wildman–Crippen LogP) is 1.81. The first-order valence-corrected chi connectivity index (χ1v) is 6.41. The van der Waals surface area contributed by atoms with Gasteiger partial charge in [-0.1, -0.05) is 16.4 Å². The average molecular weight is 292 g/mol. The van der Waals surface area contributed by atoms with Gasteiger partial charge in [0.15, 0.2) is 5.84 Å². The van der Waals surface area contributed by atoms with E-state index >= 15 is 0 Å². The Morgan fingerprint density at radius 1 is 1.43 bits per heavy atom. The summed E-state index contributed by atoms with van der Waals surface area (Å²) in [6.07, 6.45) is 0. The molecular weight excluding hydrogens is 275 g/mol. The lowest BCUT2D eigenvalue weighted by atomic mass is 10.1. The Balaban J connectivity index is 2.10. The molecule has 0 unspecified atom stereocenters. The molecule has 21 heavy (non-hydrogen) atoms. The number of rotatable bonds is 5. The number of aromatic nitrogens is 1. The molecule has 112 valence electrons. The first-order chi connectivity index (χ1) is 10.0. The van der Waals surface area contributed by atoms with E-state index < -0.39 is 5.82 Å². The highest BCUT2D eigenvalue weighted by Gasteiger charge is 2.11. The van der Waals surface area contributed by atoms with E-state index in [1.165, 1.54) is 12.1 Å². The van der Waals surface area contributed by atoms with Gasteiger partial charge in [-0.05, 0) is 31.5 Å². The largest absolute Gasteiger partial charge is 0.409 e. The van der Waals surface area contributed by atoms with Crippen molar-refractivity contribution in [3.8, 4) is 0 Å². The van der Waals surface area contributed by atoms with E-state index in [0.717, 1.165) is 22.6 Å². The van der Waals surface area contributed by atoms with Gasteiger partial charge in [0.2, 0.25) is 0 Å². The van der Waals surface area contributed by atoms with Crippen molar-refractivity contribution in [1.29, 1.82) is 0 Å². The summed E-state index contributed by atoms with van der Waals surface area (Å²) >= 11 is 0. The van der Waals surface area contributed by atoms with Gasteiger partial charge in [0.05, 0.1) is 5.69 Å². The van der Waals surface area contributed by atoms with E-state index in [2.05, 4.69) is 15.6 Å². The van der Waals surface area contributed by atoms with Gasteiger partial charge in [0.1, 0.15) is 11.6 Å². The molecule has 0 atom stereocenters. The lowest BCUT2D eigenvalue weighted by molar-refractivity contribution is 0.318. The lowest BCUT2D eigenvalue weighted by Gasteiger charge is -2.10. The Kier molecular flexibility index (Phi) is 4.54. The smallest absolute Gasteiger partial charge is 0.170 e. The minimum absolute atomic E-state index is 0.122. The molecule has 0 aliphatic rings. The van der Waals surface area contributed by atoms with Crippen LogP contribution in [0.15, 0.2) is 27.9 Å². The third kappa shape index (κ3) is 3.38. The molecular formula is C14H17FN4O2. The van der Waals surface area contributed by atoms with Gasteiger partial charge in [0.25, 0.3) is 0 Å². The van der Waals surface area contributed by atoms with Gasteiger partial charge in [0, 0.05) is 24.2 Å². The van der Waals surface area contributed by atoms with Gasteiger partial charge in [-0.3, -0.25) is 0 Å². The van der Waals surface area contributed by atoms with Crippen molar-refractivity contribution in [2.45, 2.75) is 26.9 Å². The predicted molar refractivity (Wildman–Crippen MR) is 75.4 cm³/mol. The number of aryl methyl sites for hydroxylation is 2.